The number of hydrogen-bond donors (Lipinski definition) is 1. The van der Waals surface area contributed by atoms with Gasteiger partial charge >= 0.3 is 41.5 Å². The number of ether oxygens (including phenoxy) is 1. The number of rotatable bonds is 18. The Morgan fingerprint density at radius 1 is 0.885 bits per heavy atom. The molecule has 0 rings (SSSR count). The zero-order chi connectivity index (χ0) is 18.8. The van der Waals surface area contributed by atoms with Gasteiger partial charge < -0.3 is 9.84 Å². The van der Waals surface area contributed by atoms with E-state index in [4.69, 9.17) is 9.84 Å². The number of carboxylic acids is 1. The maximum atomic E-state index is 11.5. The third-order valence-electron chi connectivity index (χ3n) is 4.50. The molecular weight excluding hydrogens is 339 g/mol. The molecule has 0 fully saturated rings. The van der Waals surface area contributed by atoms with Gasteiger partial charge in [0.25, 0.3) is 0 Å². The number of unbranched alkanes of at least 4 members (excludes halogenated alkanes) is 10. The fraction of sp³-hybridized carbons (Fsp3) is 0.810. The molecule has 0 radical (unpaired) electrons. The van der Waals surface area contributed by atoms with Crippen LogP contribution in [-0.4, -0.2) is 52.7 Å². The number of carbonyl (C=O) groups is 2. The second-order valence-electron chi connectivity index (χ2n) is 6.87. The molecule has 0 aliphatic carbocycles. The summed E-state index contributed by atoms with van der Waals surface area (Å²) in [5.74, 6) is -1.02. The van der Waals surface area contributed by atoms with Crippen LogP contribution in [0.2, 0.25) is 0 Å². The van der Waals surface area contributed by atoms with Crippen LogP contribution in [0.25, 0.3) is 0 Å². The maximum absolute atomic E-state index is 11.5. The molecule has 1 unspecified atom stereocenters. The first-order valence-corrected chi connectivity index (χ1v) is 10.1. The second-order valence-corrected chi connectivity index (χ2v) is 6.87. The molecule has 0 amide bonds. The summed E-state index contributed by atoms with van der Waals surface area (Å²) in [7, 11) is 0. The summed E-state index contributed by atoms with van der Waals surface area (Å²) in [6.45, 7) is 5.70. The first-order chi connectivity index (χ1) is 12.1. The van der Waals surface area contributed by atoms with Crippen molar-refractivity contribution in [3.63, 3.8) is 0 Å². The Balaban J connectivity index is 0. The van der Waals surface area contributed by atoms with Crippen LogP contribution < -0.4 is 0 Å². The van der Waals surface area contributed by atoms with Gasteiger partial charge in [0.05, 0.1) is 0 Å². The first kappa shape index (κ1) is 27.9. The molecule has 5 heteroatoms. The molecule has 0 aromatic carbocycles. The third kappa shape index (κ3) is 20.0. The standard InChI is InChI=1S/C21H38O4.Na.H/c1-3-5-6-7-10-13-16-19(25-21(24)4-2)17-14-11-8-9-12-15-18-20(22)23;;/h4,19H,2-3,5-18H2,1H3,(H,22,23);;. The number of aliphatic carboxylic acids is 1. The summed E-state index contributed by atoms with van der Waals surface area (Å²) in [5.41, 5.74) is 0. The Labute approximate surface area is 182 Å². The van der Waals surface area contributed by atoms with Crippen molar-refractivity contribution in [2.24, 2.45) is 0 Å². The van der Waals surface area contributed by atoms with E-state index in [1.165, 1.54) is 38.2 Å². The van der Waals surface area contributed by atoms with Crippen LogP contribution in [0.3, 0.4) is 0 Å². The second kappa shape index (κ2) is 21.0. The molecule has 148 valence electrons. The molecule has 0 aliphatic heterocycles. The molecule has 1 N–H and O–H groups in total. The van der Waals surface area contributed by atoms with Crippen molar-refractivity contribution in [1.82, 2.24) is 0 Å². The summed E-state index contributed by atoms with van der Waals surface area (Å²) in [6, 6.07) is 0. The summed E-state index contributed by atoms with van der Waals surface area (Å²) < 4.78 is 5.48. The van der Waals surface area contributed by atoms with Crippen molar-refractivity contribution >= 4 is 41.5 Å². The van der Waals surface area contributed by atoms with Gasteiger partial charge in [0, 0.05) is 12.5 Å². The van der Waals surface area contributed by atoms with Gasteiger partial charge in [-0.05, 0) is 32.1 Å². The molecule has 0 bridgehead atoms. The molecule has 0 saturated carbocycles. The Morgan fingerprint density at radius 2 is 1.35 bits per heavy atom. The average Bonchev–Trinajstić information content (AvgIpc) is 2.59. The van der Waals surface area contributed by atoms with E-state index >= 15 is 0 Å². The topological polar surface area (TPSA) is 63.6 Å². The molecule has 0 aliphatic rings. The number of esters is 1. The number of carboxylic acid groups (broad SMARTS) is 1. The fourth-order valence-electron chi connectivity index (χ4n) is 2.98. The van der Waals surface area contributed by atoms with Crippen LogP contribution in [0.4, 0.5) is 0 Å². The van der Waals surface area contributed by atoms with E-state index in [2.05, 4.69) is 13.5 Å². The SMILES string of the molecule is C=CC(=O)OC(CCCCCCCC)CCCCCCCCC(=O)O.[NaH]. The molecule has 0 spiro atoms. The van der Waals surface area contributed by atoms with E-state index < -0.39 is 5.97 Å². The summed E-state index contributed by atoms with van der Waals surface area (Å²) >= 11 is 0. The van der Waals surface area contributed by atoms with Gasteiger partial charge in [-0.2, -0.15) is 0 Å². The van der Waals surface area contributed by atoms with Crippen molar-refractivity contribution in [2.75, 3.05) is 0 Å². The Kier molecular flexibility index (Phi) is 22.5. The summed E-state index contributed by atoms with van der Waals surface area (Å²) in [4.78, 5) is 21.9. The summed E-state index contributed by atoms with van der Waals surface area (Å²) in [5, 5.41) is 8.59. The monoisotopic (exact) mass is 378 g/mol. The molecular formula is C21H39NaO4. The van der Waals surface area contributed by atoms with Gasteiger partial charge in [-0.15, -0.1) is 0 Å². The molecule has 26 heavy (non-hydrogen) atoms. The molecule has 1 atom stereocenters. The first-order valence-electron chi connectivity index (χ1n) is 10.1. The quantitative estimate of drug-likeness (QED) is 0.150. The zero-order valence-corrected chi connectivity index (χ0v) is 16.1. The van der Waals surface area contributed by atoms with E-state index in [9.17, 15) is 9.59 Å². The minimum absolute atomic E-state index is 0. The van der Waals surface area contributed by atoms with Gasteiger partial charge in [-0.1, -0.05) is 71.3 Å². The fourth-order valence-corrected chi connectivity index (χ4v) is 2.98. The van der Waals surface area contributed by atoms with Gasteiger partial charge in [-0.3, -0.25) is 4.79 Å². The van der Waals surface area contributed by atoms with Crippen molar-refractivity contribution in [2.45, 2.75) is 109 Å². The van der Waals surface area contributed by atoms with Crippen LogP contribution in [0.15, 0.2) is 12.7 Å². The molecule has 0 aromatic heterocycles. The summed E-state index contributed by atoms with van der Waals surface area (Å²) in [6.07, 6.45) is 17.0. The minimum atomic E-state index is -0.707. The number of hydrogen-bond acceptors (Lipinski definition) is 3. The molecule has 0 heterocycles. The van der Waals surface area contributed by atoms with Gasteiger partial charge in [0.2, 0.25) is 0 Å². The van der Waals surface area contributed by atoms with Crippen LogP contribution in [0, 0.1) is 0 Å². The average molecular weight is 379 g/mol. The van der Waals surface area contributed by atoms with Gasteiger partial charge in [0.1, 0.15) is 6.10 Å². The van der Waals surface area contributed by atoms with Gasteiger partial charge in [0.15, 0.2) is 0 Å². The van der Waals surface area contributed by atoms with Crippen molar-refractivity contribution < 1.29 is 19.4 Å². The van der Waals surface area contributed by atoms with Crippen LogP contribution in [0.5, 0.6) is 0 Å². The normalized spacial score (nSPS) is 11.4. The van der Waals surface area contributed by atoms with E-state index in [0.717, 1.165) is 57.8 Å². The van der Waals surface area contributed by atoms with E-state index in [1.54, 1.807) is 0 Å². The van der Waals surface area contributed by atoms with E-state index in [1.807, 2.05) is 0 Å². The Hall–Kier alpha value is -0.320. The Bertz CT molecular complexity index is 358. The molecule has 0 aromatic rings. The molecule has 4 nitrogen and oxygen atoms in total. The number of carbonyl (C=O) groups excluding carboxylic acids is 1. The van der Waals surface area contributed by atoms with Crippen LogP contribution in [-0.2, 0) is 14.3 Å². The predicted molar refractivity (Wildman–Crippen MR) is 110 cm³/mol. The predicted octanol–water partition coefficient (Wildman–Crippen LogP) is 5.39. The van der Waals surface area contributed by atoms with Crippen molar-refractivity contribution in [3.05, 3.63) is 12.7 Å². The van der Waals surface area contributed by atoms with Crippen molar-refractivity contribution in [1.29, 1.82) is 0 Å². The third-order valence-corrected chi connectivity index (χ3v) is 4.50. The van der Waals surface area contributed by atoms with Crippen LogP contribution >= 0.6 is 0 Å². The van der Waals surface area contributed by atoms with Gasteiger partial charge in [-0.25, -0.2) is 4.79 Å². The molecule has 0 saturated heterocycles. The van der Waals surface area contributed by atoms with Crippen LogP contribution in [0.1, 0.15) is 103 Å². The van der Waals surface area contributed by atoms with Crippen molar-refractivity contribution in [3.8, 4) is 0 Å². The van der Waals surface area contributed by atoms with E-state index in [-0.39, 0.29) is 48.1 Å². The van der Waals surface area contributed by atoms with E-state index in [0.29, 0.717) is 0 Å². The zero-order valence-electron chi connectivity index (χ0n) is 16.1. The Morgan fingerprint density at radius 3 is 1.81 bits per heavy atom.